The van der Waals surface area contributed by atoms with Crippen LogP contribution in [0.3, 0.4) is 0 Å². The van der Waals surface area contributed by atoms with Crippen molar-refractivity contribution in [1.29, 1.82) is 0 Å². The smallest absolute Gasteiger partial charge is 0.253 e. The van der Waals surface area contributed by atoms with Crippen LogP contribution < -0.4 is 10.6 Å². The molecule has 0 saturated heterocycles. The zero-order valence-electron chi connectivity index (χ0n) is 17.3. The number of hydrogen-bond acceptors (Lipinski definition) is 2. The number of unbranched alkanes of at least 4 members (excludes halogenated alkanes) is 1. The molecular formula is C22H36N4O. The summed E-state index contributed by atoms with van der Waals surface area (Å²) >= 11 is 0. The van der Waals surface area contributed by atoms with E-state index in [9.17, 15) is 4.79 Å². The van der Waals surface area contributed by atoms with E-state index in [1.807, 2.05) is 25.2 Å². The zero-order chi connectivity index (χ0) is 19.5. The largest absolute Gasteiger partial charge is 0.356 e. The summed E-state index contributed by atoms with van der Waals surface area (Å²) in [6.45, 7) is 1.76. The second-order valence-electron chi connectivity index (χ2n) is 7.72. The highest BCUT2D eigenvalue weighted by atomic mass is 16.2. The van der Waals surface area contributed by atoms with E-state index in [0.717, 1.165) is 42.5 Å². The highest BCUT2D eigenvalue weighted by Crippen LogP contribution is 2.28. The molecule has 1 aliphatic rings. The van der Waals surface area contributed by atoms with E-state index in [0.29, 0.717) is 0 Å². The third-order valence-electron chi connectivity index (χ3n) is 5.32. The molecular weight excluding hydrogens is 336 g/mol. The quantitative estimate of drug-likeness (QED) is 0.396. The van der Waals surface area contributed by atoms with Crippen LogP contribution in [0.1, 0.15) is 60.9 Å². The molecule has 0 aliphatic heterocycles. The third-order valence-corrected chi connectivity index (χ3v) is 5.32. The molecule has 0 bridgehead atoms. The van der Waals surface area contributed by atoms with Crippen molar-refractivity contribution >= 4 is 11.9 Å². The van der Waals surface area contributed by atoms with Crippen molar-refractivity contribution in [1.82, 2.24) is 15.5 Å². The van der Waals surface area contributed by atoms with Gasteiger partial charge in [0.25, 0.3) is 5.91 Å². The molecule has 150 valence electrons. The maximum absolute atomic E-state index is 12.1. The minimum atomic E-state index is 0.0416. The molecule has 0 aromatic heterocycles. The average Bonchev–Trinajstić information content (AvgIpc) is 3.19. The standard InChI is InChI=1S/C22H36N4O/c1-23-22(24-15-7-6-11-18-9-4-5-10-18)25-16-14-19-12-8-13-20(17-19)21(27)26(2)3/h8,12-13,17-18H,4-7,9-11,14-16H2,1-3H3,(H2,23,24,25). The summed E-state index contributed by atoms with van der Waals surface area (Å²) in [5.74, 6) is 1.88. The molecule has 1 aromatic carbocycles. The van der Waals surface area contributed by atoms with E-state index < -0.39 is 0 Å². The van der Waals surface area contributed by atoms with Gasteiger partial charge in [-0.25, -0.2) is 0 Å². The van der Waals surface area contributed by atoms with Crippen LogP contribution in [0, 0.1) is 5.92 Å². The van der Waals surface area contributed by atoms with Crippen molar-refractivity contribution in [3.63, 3.8) is 0 Å². The normalized spacial score (nSPS) is 15.0. The van der Waals surface area contributed by atoms with Gasteiger partial charge in [-0.1, -0.05) is 50.7 Å². The third kappa shape index (κ3) is 7.61. The summed E-state index contributed by atoms with van der Waals surface area (Å²) in [6.07, 6.45) is 10.5. The van der Waals surface area contributed by atoms with Gasteiger partial charge in [-0.3, -0.25) is 9.79 Å². The number of nitrogens with one attached hydrogen (secondary N) is 2. The molecule has 0 spiro atoms. The molecule has 1 aromatic rings. The number of carbonyl (C=O) groups excluding carboxylic acids is 1. The lowest BCUT2D eigenvalue weighted by molar-refractivity contribution is 0.0827. The van der Waals surface area contributed by atoms with Gasteiger partial charge in [-0.2, -0.15) is 0 Å². The molecule has 2 N–H and O–H groups in total. The first-order valence-corrected chi connectivity index (χ1v) is 10.3. The topological polar surface area (TPSA) is 56.7 Å². The van der Waals surface area contributed by atoms with Crippen molar-refractivity contribution < 1.29 is 4.79 Å². The number of hydrogen-bond donors (Lipinski definition) is 2. The zero-order valence-corrected chi connectivity index (χ0v) is 17.3. The van der Waals surface area contributed by atoms with Gasteiger partial charge in [0, 0.05) is 39.8 Å². The molecule has 0 heterocycles. The molecule has 0 unspecified atom stereocenters. The van der Waals surface area contributed by atoms with Gasteiger partial charge in [0.2, 0.25) is 0 Å². The lowest BCUT2D eigenvalue weighted by Crippen LogP contribution is -2.38. The Morgan fingerprint density at radius 1 is 1.15 bits per heavy atom. The predicted octanol–water partition coefficient (Wildman–Crippen LogP) is 3.46. The van der Waals surface area contributed by atoms with E-state index in [1.165, 1.54) is 44.9 Å². The summed E-state index contributed by atoms with van der Waals surface area (Å²) in [4.78, 5) is 18.0. The number of amides is 1. The van der Waals surface area contributed by atoms with Crippen LogP contribution >= 0.6 is 0 Å². The van der Waals surface area contributed by atoms with Gasteiger partial charge in [-0.15, -0.1) is 0 Å². The molecule has 5 nitrogen and oxygen atoms in total. The van der Waals surface area contributed by atoms with Gasteiger partial charge >= 0.3 is 0 Å². The van der Waals surface area contributed by atoms with E-state index in [-0.39, 0.29) is 5.91 Å². The fourth-order valence-corrected chi connectivity index (χ4v) is 3.73. The number of nitrogens with zero attached hydrogens (tertiary/aromatic N) is 2. The Balaban J connectivity index is 1.64. The maximum atomic E-state index is 12.1. The first-order valence-electron chi connectivity index (χ1n) is 10.3. The van der Waals surface area contributed by atoms with Crippen molar-refractivity contribution in [2.24, 2.45) is 10.9 Å². The molecule has 0 atom stereocenters. The molecule has 1 aliphatic carbocycles. The summed E-state index contributed by atoms with van der Waals surface area (Å²) in [5, 5.41) is 6.77. The second-order valence-corrected chi connectivity index (χ2v) is 7.72. The monoisotopic (exact) mass is 372 g/mol. The number of benzene rings is 1. The van der Waals surface area contributed by atoms with E-state index in [2.05, 4.69) is 21.7 Å². The average molecular weight is 373 g/mol. The van der Waals surface area contributed by atoms with Crippen LogP contribution in [0.4, 0.5) is 0 Å². The van der Waals surface area contributed by atoms with Crippen LogP contribution in [0.15, 0.2) is 29.3 Å². The number of aliphatic imine (C=N–C) groups is 1. The Labute approximate surface area is 164 Å². The molecule has 27 heavy (non-hydrogen) atoms. The van der Waals surface area contributed by atoms with Crippen molar-refractivity contribution in [3.8, 4) is 0 Å². The first-order chi connectivity index (χ1) is 13.1. The Kier molecular flexibility index (Phi) is 9.16. The molecule has 1 saturated carbocycles. The predicted molar refractivity (Wildman–Crippen MR) is 113 cm³/mol. The van der Waals surface area contributed by atoms with E-state index in [4.69, 9.17) is 0 Å². The molecule has 0 radical (unpaired) electrons. The SMILES string of the molecule is CN=C(NCCCCC1CCCC1)NCCc1cccc(C(=O)N(C)C)c1. The molecule has 5 heteroatoms. The first kappa shape index (κ1) is 21.3. The Hall–Kier alpha value is -2.04. The van der Waals surface area contributed by atoms with Crippen molar-refractivity contribution in [2.75, 3.05) is 34.2 Å². The summed E-state index contributed by atoms with van der Waals surface area (Å²) in [7, 11) is 5.37. The fourth-order valence-electron chi connectivity index (χ4n) is 3.73. The summed E-state index contributed by atoms with van der Waals surface area (Å²) < 4.78 is 0. The molecule has 1 amide bonds. The van der Waals surface area contributed by atoms with Gasteiger partial charge in [-0.05, 0) is 36.5 Å². The lowest BCUT2D eigenvalue weighted by atomic mass is 10.0. The highest BCUT2D eigenvalue weighted by Gasteiger charge is 2.13. The fraction of sp³-hybridized carbons (Fsp3) is 0.636. The van der Waals surface area contributed by atoms with Crippen molar-refractivity contribution in [3.05, 3.63) is 35.4 Å². The number of rotatable bonds is 9. The lowest BCUT2D eigenvalue weighted by Gasteiger charge is -2.13. The van der Waals surface area contributed by atoms with Gasteiger partial charge < -0.3 is 15.5 Å². The van der Waals surface area contributed by atoms with Crippen LogP contribution in [0.5, 0.6) is 0 Å². The minimum Gasteiger partial charge on any atom is -0.356 e. The number of guanidine groups is 1. The molecule has 2 rings (SSSR count). The van der Waals surface area contributed by atoms with Gasteiger partial charge in [0.1, 0.15) is 0 Å². The molecule has 1 fully saturated rings. The van der Waals surface area contributed by atoms with Gasteiger partial charge in [0.15, 0.2) is 5.96 Å². The number of carbonyl (C=O) groups is 1. The Morgan fingerprint density at radius 3 is 2.59 bits per heavy atom. The van der Waals surface area contributed by atoms with Crippen LogP contribution in [0.2, 0.25) is 0 Å². The summed E-state index contributed by atoms with van der Waals surface area (Å²) in [6, 6.07) is 7.85. The highest BCUT2D eigenvalue weighted by molar-refractivity contribution is 5.94. The van der Waals surface area contributed by atoms with Crippen LogP contribution in [-0.4, -0.2) is 51.0 Å². The second kappa shape index (κ2) is 11.6. The van der Waals surface area contributed by atoms with Crippen LogP contribution in [-0.2, 0) is 6.42 Å². The minimum absolute atomic E-state index is 0.0416. The Bertz CT molecular complexity index is 606. The van der Waals surface area contributed by atoms with E-state index in [1.54, 1.807) is 19.0 Å². The summed E-state index contributed by atoms with van der Waals surface area (Å²) in [5.41, 5.74) is 1.89. The van der Waals surface area contributed by atoms with Crippen molar-refractivity contribution in [2.45, 2.75) is 51.4 Å². The van der Waals surface area contributed by atoms with Crippen LogP contribution in [0.25, 0.3) is 0 Å². The maximum Gasteiger partial charge on any atom is 0.253 e. The Morgan fingerprint density at radius 2 is 1.89 bits per heavy atom. The van der Waals surface area contributed by atoms with E-state index >= 15 is 0 Å². The van der Waals surface area contributed by atoms with Gasteiger partial charge in [0.05, 0.1) is 0 Å².